The summed E-state index contributed by atoms with van der Waals surface area (Å²) in [5, 5.41) is 13.8. The number of piperidine rings is 1. The van der Waals surface area contributed by atoms with Crippen LogP contribution < -0.4 is 16.0 Å². The number of anilines is 2. The maximum absolute atomic E-state index is 9.76. The summed E-state index contributed by atoms with van der Waals surface area (Å²) in [4.78, 5) is 22.4. The van der Waals surface area contributed by atoms with Gasteiger partial charge in [-0.25, -0.2) is 9.97 Å². The molecule has 4 heterocycles. The minimum absolute atomic E-state index is 0.0382. The topological polar surface area (TPSA) is 113 Å². The van der Waals surface area contributed by atoms with Crippen LogP contribution >= 0.6 is 11.8 Å². The summed E-state index contributed by atoms with van der Waals surface area (Å²) in [7, 11) is 1.96. The molecule has 35 heavy (non-hydrogen) atoms. The van der Waals surface area contributed by atoms with Crippen LogP contribution in [0.15, 0.2) is 58.8 Å². The first kappa shape index (κ1) is 21.0. The third-order valence-corrected chi connectivity index (χ3v) is 8.63. The van der Waals surface area contributed by atoms with E-state index in [1.165, 1.54) is 22.9 Å². The van der Waals surface area contributed by atoms with Gasteiger partial charge in [0.25, 0.3) is 0 Å². The number of nitrogens with one attached hydrogen (secondary N) is 1. The van der Waals surface area contributed by atoms with Gasteiger partial charge in [-0.1, -0.05) is 12.1 Å². The maximum Gasteiger partial charge on any atom is 0.194 e. The fourth-order valence-electron chi connectivity index (χ4n) is 5.84. The number of nitrogens with zero attached hydrogens (tertiary/aromatic N) is 5. The van der Waals surface area contributed by atoms with Crippen molar-refractivity contribution in [3.8, 4) is 11.1 Å². The molecule has 2 aliphatic carbocycles. The van der Waals surface area contributed by atoms with E-state index in [1.807, 2.05) is 31.4 Å². The van der Waals surface area contributed by atoms with Gasteiger partial charge >= 0.3 is 0 Å². The van der Waals surface area contributed by atoms with Gasteiger partial charge in [0.2, 0.25) is 0 Å². The van der Waals surface area contributed by atoms with Gasteiger partial charge in [0, 0.05) is 72.5 Å². The van der Waals surface area contributed by atoms with Gasteiger partial charge in [-0.15, -0.1) is 0 Å². The van der Waals surface area contributed by atoms with Gasteiger partial charge < -0.3 is 21.1 Å². The summed E-state index contributed by atoms with van der Waals surface area (Å²) >= 11 is 1.51. The summed E-state index contributed by atoms with van der Waals surface area (Å²) in [5.74, 6) is 1.56. The average molecular weight is 484 g/mol. The lowest BCUT2D eigenvalue weighted by molar-refractivity contribution is 0.237. The molecule has 2 unspecified atom stereocenters. The molecule has 4 N–H and O–H groups in total. The summed E-state index contributed by atoms with van der Waals surface area (Å²) in [6, 6.07) is 12.2. The normalized spacial score (nSPS) is 23.8. The zero-order chi connectivity index (χ0) is 23.7. The van der Waals surface area contributed by atoms with Gasteiger partial charge in [0.05, 0.1) is 23.3 Å². The zero-order valence-electron chi connectivity index (χ0n) is 19.3. The number of pyridine rings is 2. The summed E-state index contributed by atoms with van der Waals surface area (Å²) in [6.45, 7) is 1.64. The molecule has 0 radical (unpaired) electrons. The fraction of sp³-hybridized carbons (Fsp3) is 0.308. The highest BCUT2D eigenvalue weighted by Crippen LogP contribution is 2.55. The van der Waals surface area contributed by atoms with Gasteiger partial charge in [-0.3, -0.25) is 9.97 Å². The molecule has 176 valence electrons. The largest absolute Gasteiger partial charge is 0.394 e. The molecular formula is C26H25N7OS. The lowest BCUT2D eigenvalue weighted by Crippen LogP contribution is -2.40. The minimum Gasteiger partial charge on any atom is -0.394 e. The number of hydrogen-bond donors (Lipinski definition) is 3. The van der Waals surface area contributed by atoms with Crippen molar-refractivity contribution in [2.75, 3.05) is 37.0 Å². The van der Waals surface area contributed by atoms with Crippen molar-refractivity contribution in [1.29, 1.82) is 0 Å². The number of fused-ring (bicyclic) bond motifs is 5. The molecule has 4 aromatic rings. The lowest BCUT2D eigenvalue weighted by Gasteiger charge is -2.26. The van der Waals surface area contributed by atoms with Crippen molar-refractivity contribution in [1.82, 2.24) is 19.9 Å². The Morgan fingerprint density at radius 1 is 1.14 bits per heavy atom. The Morgan fingerprint density at radius 2 is 2.00 bits per heavy atom. The summed E-state index contributed by atoms with van der Waals surface area (Å²) in [6.07, 6.45) is 4.40. The van der Waals surface area contributed by atoms with Crippen LogP contribution in [-0.4, -0.2) is 57.3 Å². The zero-order valence-corrected chi connectivity index (χ0v) is 20.1. The summed E-state index contributed by atoms with van der Waals surface area (Å²) < 4.78 is 0. The number of nitrogens with two attached hydrogens (primary N) is 1. The Balaban J connectivity index is 1.30. The van der Waals surface area contributed by atoms with E-state index in [2.05, 4.69) is 38.4 Å². The van der Waals surface area contributed by atoms with Crippen LogP contribution in [0.1, 0.15) is 11.3 Å². The van der Waals surface area contributed by atoms with E-state index in [4.69, 9.17) is 15.7 Å². The third kappa shape index (κ3) is 3.15. The molecule has 8 nitrogen and oxygen atoms in total. The first-order valence-corrected chi connectivity index (χ1v) is 12.6. The van der Waals surface area contributed by atoms with E-state index >= 15 is 0 Å². The Bertz CT molecular complexity index is 1480. The highest BCUT2D eigenvalue weighted by molar-refractivity contribution is 7.99. The molecule has 0 spiro atoms. The van der Waals surface area contributed by atoms with Crippen molar-refractivity contribution in [3.05, 3.63) is 60.0 Å². The van der Waals surface area contributed by atoms with Crippen LogP contribution in [-0.2, 0) is 6.42 Å². The number of aliphatic hydroxyl groups is 1. The van der Waals surface area contributed by atoms with Crippen LogP contribution in [0.2, 0.25) is 0 Å². The monoisotopic (exact) mass is 483 g/mol. The Morgan fingerprint density at radius 3 is 2.80 bits per heavy atom. The van der Waals surface area contributed by atoms with E-state index in [0.29, 0.717) is 17.0 Å². The van der Waals surface area contributed by atoms with Crippen molar-refractivity contribution in [2.24, 2.45) is 17.6 Å². The van der Waals surface area contributed by atoms with E-state index < -0.39 is 5.54 Å². The molecule has 1 aliphatic heterocycles. The second kappa shape index (κ2) is 7.61. The predicted octanol–water partition coefficient (Wildman–Crippen LogP) is 2.94. The number of aromatic nitrogens is 4. The number of rotatable bonds is 5. The molecule has 7 rings (SSSR count). The SMILES string of the molecule is CNc1cccc2c1Cc1nc(Sc3cnc4cccnc4c3)nc(N3CC4C(C3)C4(N)CO)c1-2. The highest BCUT2D eigenvalue weighted by atomic mass is 32.2. The first-order chi connectivity index (χ1) is 17.1. The second-order valence-electron chi connectivity index (χ2n) is 9.61. The number of hydrogen-bond acceptors (Lipinski definition) is 9. The standard InChI is InChI=1S/C26H25N7OS/c1-28-19-5-2-4-15-16(19)9-22-23(15)24(33-11-17-18(12-33)26(17,27)13-34)32-25(31-22)35-14-8-21-20(30-10-14)6-3-7-29-21/h2-8,10,17-18,28,34H,9,11-13,27H2,1H3. The van der Waals surface area contributed by atoms with Crippen molar-refractivity contribution < 1.29 is 5.11 Å². The first-order valence-electron chi connectivity index (χ1n) is 11.8. The van der Waals surface area contributed by atoms with Crippen LogP contribution in [0.25, 0.3) is 22.2 Å². The maximum atomic E-state index is 9.76. The fourth-order valence-corrected chi connectivity index (χ4v) is 6.61. The van der Waals surface area contributed by atoms with Gasteiger partial charge in [0.15, 0.2) is 5.16 Å². The number of aliphatic hydroxyl groups excluding tert-OH is 1. The van der Waals surface area contributed by atoms with Crippen molar-refractivity contribution >= 4 is 34.3 Å². The van der Waals surface area contributed by atoms with E-state index in [1.54, 1.807) is 6.20 Å². The average Bonchev–Trinajstić information content (AvgIpc) is 3.23. The van der Waals surface area contributed by atoms with E-state index in [-0.39, 0.29) is 6.61 Å². The Hall–Kier alpha value is -3.27. The van der Waals surface area contributed by atoms with Crippen LogP contribution in [0.5, 0.6) is 0 Å². The Labute approximate surface area is 207 Å². The van der Waals surface area contributed by atoms with Crippen LogP contribution in [0, 0.1) is 11.8 Å². The number of benzene rings is 1. The molecule has 3 aliphatic rings. The van der Waals surface area contributed by atoms with E-state index in [9.17, 15) is 5.11 Å². The quantitative estimate of drug-likeness (QED) is 0.325. The molecule has 1 saturated carbocycles. The van der Waals surface area contributed by atoms with Crippen LogP contribution in [0.3, 0.4) is 0 Å². The predicted molar refractivity (Wildman–Crippen MR) is 137 cm³/mol. The van der Waals surface area contributed by atoms with Crippen LogP contribution in [0.4, 0.5) is 11.5 Å². The van der Waals surface area contributed by atoms with E-state index in [0.717, 1.165) is 58.2 Å². The lowest BCUT2D eigenvalue weighted by atomic mass is 10.0. The molecule has 3 aromatic heterocycles. The third-order valence-electron chi connectivity index (χ3n) is 7.80. The second-order valence-corrected chi connectivity index (χ2v) is 10.7. The molecule has 1 saturated heterocycles. The van der Waals surface area contributed by atoms with Gasteiger partial charge in [0.1, 0.15) is 5.82 Å². The smallest absolute Gasteiger partial charge is 0.194 e. The van der Waals surface area contributed by atoms with Crippen molar-refractivity contribution in [2.45, 2.75) is 22.0 Å². The molecule has 1 aromatic carbocycles. The Kier molecular flexibility index (Phi) is 4.58. The van der Waals surface area contributed by atoms with Gasteiger partial charge in [-0.05, 0) is 47.2 Å². The summed E-state index contributed by atoms with van der Waals surface area (Å²) in [5.41, 5.74) is 13.4. The molecule has 9 heteroatoms. The molecule has 0 bridgehead atoms. The molecule has 2 fully saturated rings. The highest BCUT2D eigenvalue weighted by Gasteiger charge is 2.66. The molecular weight excluding hydrogens is 458 g/mol. The minimum atomic E-state index is -0.439. The van der Waals surface area contributed by atoms with Crippen molar-refractivity contribution in [3.63, 3.8) is 0 Å². The molecule has 2 atom stereocenters. The van der Waals surface area contributed by atoms with Gasteiger partial charge in [-0.2, -0.15) is 0 Å². The molecule has 0 amide bonds.